The topological polar surface area (TPSA) is 110 Å². The maximum atomic E-state index is 11.3. The van der Waals surface area contributed by atoms with Crippen molar-refractivity contribution in [2.24, 2.45) is 0 Å². The first-order valence-corrected chi connectivity index (χ1v) is 5.70. The molecular weight excluding hydrogens is 268 g/mol. The number of halogens is 1. The first-order valence-electron chi connectivity index (χ1n) is 5.32. The van der Waals surface area contributed by atoms with Crippen LogP contribution in [0.15, 0.2) is 24.3 Å². The zero-order chi connectivity index (χ0) is 14.0. The number of hydrogen-bond donors (Lipinski definition) is 3. The number of benzene rings is 1. The minimum atomic E-state index is -0.418. The lowest BCUT2D eigenvalue weighted by atomic mass is 10.3. The summed E-state index contributed by atoms with van der Waals surface area (Å²) in [6.45, 7) is 1.29. The summed E-state index contributed by atoms with van der Waals surface area (Å²) in [6.07, 6.45) is 0. The smallest absolute Gasteiger partial charge is 0.247 e. The van der Waals surface area contributed by atoms with Crippen LogP contribution in [-0.4, -0.2) is 20.7 Å². The summed E-state index contributed by atoms with van der Waals surface area (Å²) in [5.74, 6) is -0.369. The molecule has 0 radical (unpaired) electrons. The third kappa shape index (κ3) is 2.89. The summed E-state index contributed by atoms with van der Waals surface area (Å²) >= 11 is 5.77. The number of hydrogen-bond acceptors (Lipinski definition) is 6. The Hall–Kier alpha value is -2.41. The van der Waals surface area contributed by atoms with E-state index < -0.39 is 5.91 Å². The Bertz CT molecular complexity index is 679. The number of nitrogens with two attached hydrogens (primary N) is 1. The molecule has 8 heteroatoms. The fraction of sp³-hybridized carbons (Fsp3) is 0.0909. The highest BCUT2D eigenvalue weighted by atomic mass is 35.5. The number of rotatable bonds is 2. The fourth-order valence-corrected chi connectivity index (χ4v) is 1.51. The number of nitrogens with one attached hydrogen (secondary N) is 2. The van der Waals surface area contributed by atoms with Gasteiger partial charge in [0.25, 0.3) is 0 Å². The normalized spacial score (nSPS) is 10.2. The van der Waals surface area contributed by atoms with Crippen LogP contribution in [0.2, 0.25) is 5.02 Å². The molecule has 0 bridgehead atoms. The van der Waals surface area contributed by atoms with Crippen molar-refractivity contribution in [1.29, 1.82) is 5.41 Å². The Balaban J connectivity index is 2.38. The van der Waals surface area contributed by atoms with E-state index in [1.807, 2.05) is 0 Å². The first kappa shape index (κ1) is 13.0. The molecule has 1 heterocycles. The molecule has 0 unspecified atom stereocenters. The monoisotopic (exact) mass is 278 g/mol. The zero-order valence-electron chi connectivity index (χ0n) is 10.0. The summed E-state index contributed by atoms with van der Waals surface area (Å²) in [6, 6.07) is 6.86. The van der Waals surface area contributed by atoms with Crippen LogP contribution >= 0.6 is 11.6 Å². The van der Waals surface area contributed by atoms with Crippen LogP contribution in [0.25, 0.3) is 0 Å². The van der Waals surface area contributed by atoms with Crippen molar-refractivity contribution in [2.45, 2.75) is 6.92 Å². The van der Waals surface area contributed by atoms with Gasteiger partial charge in [-0.25, -0.2) is 0 Å². The van der Waals surface area contributed by atoms with Crippen molar-refractivity contribution in [3.63, 3.8) is 0 Å². The van der Waals surface area contributed by atoms with Crippen molar-refractivity contribution in [2.75, 3.05) is 11.1 Å². The second kappa shape index (κ2) is 5.07. The maximum Gasteiger partial charge on any atom is 0.247 e. The molecular formula is C11H11ClN6O. The zero-order valence-corrected chi connectivity index (χ0v) is 10.8. The van der Waals surface area contributed by atoms with Crippen LogP contribution < -0.4 is 16.5 Å². The van der Waals surface area contributed by atoms with Crippen molar-refractivity contribution in [3.05, 3.63) is 34.8 Å². The second-order valence-electron chi connectivity index (χ2n) is 3.73. The number of nitrogen functional groups attached to an aromatic ring is 1. The van der Waals surface area contributed by atoms with Gasteiger partial charge in [-0.05, 0) is 24.3 Å². The molecule has 7 nitrogen and oxygen atoms in total. The maximum absolute atomic E-state index is 11.3. The summed E-state index contributed by atoms with van der Waals surface area (Å²) < 4.78 is 0.876. The molecule has 0 spiro atoms. The third-order valence-electron chi connectivity index (χ3n) is 2.27. The Morgan fingerprint density at radius 1 is 1.42 bits per heavy atom. The van der Waals surface area contributed by atoms with Gasteiger partial charge in [0.1, 0.15) is 0 Å². The molecule has 0 saturated heterocycles. The highest BCUT2D eigenvalue weighted by Gasteiger charge is 2.08. The van der Waals surface area contributed by atoms with Gasteiger partial charge in [0.15, 0.2) is 11.3 Å². The van der Waals surface area contributed by atoms with E-state index in [1.165, 1.54) is 6.92 Å². The number of aromatic nitrogens is 3. The Labute approximate surface area is 113 Å². The van der Waals surface area contributed by atoms with Crippen LogP contribution in [0.1, 0.15) is 11.7 Å². The predicted octanol–water partition coefficient (Wildman–Crippen LogP) is 1.40. The van der Waals surface area contributed by atoms with Gasteiger partial charge >= 0.3 is 0 Å². The summed E-state index contributed by atoms with van der Waals surface area (Å²) in [5.41, 5.74) is 6.01. The number of nitrogens with zero attached hydrogens (tertiary/aromatic N) is 3. The average molecular weight is 279 g/mol. The molecule has 0 aliphatic carbocycles. The molecule has 0 aliphatic rings. The van der Waals surface area contributed by atoms with Crippen molar-refractivity contribution in [3.8, 4) is 0 Å². The van der Waals surface area contributed by atoms with E-state index in [-0.39, 0.29) is 17.3 Å². The van der Waals surface area contributed by atoms with Crippen LogP contribution in [0.4, 0.5) is 17.5 Å². The van der Waals surface area contributed by atoms with E-state index >= 15 is 0 Å². The Morgan fingerprint density at radius 2 is 2.05 bits per heavy atom. The van der Waals surface area contributed by atoms with Crippen LogP contribution in [-0.2, 0) is 0 Å². The molecule has 4 N–H and O–H groups in total. The summed E-state index contributed by atoms with van der Waals surface area (Å²) in [4.78, 5) is 15.2. The SMILES string of the molecule is CC(=O)n1nc(Nc2ccc(Cl)cc2)nc(N)c1=N. The first-order chi connectivity index (χ1) is 8.97. The van der Waals surface area contributed by atoms with E-state index in [1.54, 1.807) is 24.3 Å². The largest absolute Gasteiger partial charge is 0.380 e. The van der Waals surface area contributed by atoms with Gasteiger partial charge in [-0.3, -0.25) is 10.2 Å². The summed E-state index contributed by atoms with van der Waals surface area (Å²) in [5, 5.41) is 15.0. The molecule has 98 valence electrons. The number of carbonyl (C=O) groups excluding carboxylic acids is 1. The van der Waals surface area contributed by atoms with E-state index in [9.17, 15) is 4.79 Å². The Kier molecular flexibility index (Phi) is 3.48. The van der Waals surface area contributed by atoms with Crippen molar-refractivity contribution in [1.82, 2.24) is 14.8 Å². The lowest BCUT2D eigenvalue weighted by molar-refractivity contribution is 0.0913. The van der Waals surface area contributed by atoms with Gasteiger partial charge in [0.05, 0.1) is 0 Å². The second-order valence-corrected chi connectivity index (χ2v) is 4.17. The molecule has 0 fully saturated rings. The van der Waals surface area contributed by atoms with Gasteiger partial charge < -0.3 is 11.1 Å². The summed E-state index contributed by atoms with van der Waals surface area (Å²) in [7, 11) is 0. The standard InChI is InChI=1S/C11H11ClN6O/c1-6(19)18-10(14)9(13)16-11(17-18)15-8-4-2-7(12)3-5-8/h2-5,14H,1H3,(H3,13,15,16,17). The van der Waals surface area contributed by atoms with E-state index in [4.69, 9.17) is 22.7 Å². The fourth-order valence-electron chi connectivity index (χ4n) is 1.39. The molecule has 0 atom stereocenters. The molecule has 19 heavy (non-hydrogen) atoms. The van der Waals surface area contributed by atoms with Crippen LogP contribution in [0.5, 0.6) is 0 Å². The minimum Gasteiger partial charge on any atom is -0.380 e. The molecule has 0 amide bonds. The van der Waals surface area contributed by atoms with Crippen LogP contribution in [0.3, 0.4) is 0 Å². The van der Waals surface area contributed by atoms with Gasteiger partial charge in [0, 0.05) is 17.6 Å². The molecule has 2 aromatic rings. The molecule has 1 aromatic carbocycles. The van der Waals surface area contributed by atoms with Crippen molar-refractivity contribution >= 4 is 35.0 Å². The lowest BCUT2D eigenvalue weighted by Gasteiger charge is -2.08. The Morgan fingerprint density at radius 3 is 2.63 bits per heavy atom. The van der Waals surface area contributed by atoms with Gasteiger partial charge in [0.2, 0.25) is 11.9 Å². The third-order valence-corrected chi connectivity index (χ3v) is 2.53. The number of carbonyl (C=O) groups is 1. The molecule has 0 aliphatic heterocycles. The minimum absolute atomic E-state index is 0.0818. The van der Waals surface area contributed by atoms with Gasteiger partial charge in [-0.15, -0.1) is 5.10 Å². The van der Waals surface area contributed by atoms with E-state index in [0.29, 0.717) is 10.7 Å². The number of anilines is 3. The highest BCUT2D eigenvalue weighted by Crippen LogP contribution is 2.16. The molecule has 2 rings (SSSR count). The van der Waals surface area contributed by atoms with E-state index in [2.05, 4.69) is 15.4 Å². The van der Waals surface area contributed by atoms with Crippen LogP contribution in [0, 0.1) is 5.41 Å². The molecule has 0 saturated carbocycles. The lowest BCUT2D eigenvalue weighted by Crippen LogP contribution is -2.31. The quantitative estimate of drug-likeness (QED) is 0.769. The predicted molar refractivity (Wildman–Crippen MR) is 71.3 cm³/mol. The van der Waals surface area contributed by atoms with Gasteiger partial charge in [-0.2, -0.15) is 9.67 Å². The van der Waals surface area contributed by atoms with Crippen molar-refractivity contribution < 1.29 is 4.79 Å². The average Bonchev–Trinajstić information content (AvgIpc) is 2.36. The highest BCUT2D eigenvalue weighted by molar-refractivity contribution is 6.30. The van der Waals surface area contributed by atoms with Gasteiger partial charge in [-0.1, -0.05) is 11.6 Å². The van der Waals surface area contributed by atoms with E-state index in [0.717, 1.165) is 4.68 Å². The molecule has 1 aromatic heterocycles.